The van der Waals surface area contributed by atoms with E-state index in [9.17, 15) is 29.3 Å². The van der Waals surface area contributed by atoms with Crippen LogP contribution in [0.3, 0.4) is 0 Å². The van der Waals surface area contributed by atoms with Gasteiger partial charge >= 0.3 is 0 Å². The van der Waals surface area contributed by atoms with E-state index in [2.05, 4.69) is 10.6 Å². The third-order valence-corrected chi connectivity index (χ3v) is 9.29. The van der Waals surface area contributed by atoms with Gasteiger partial charge in [0.1, 0.15) is 11.7 Å². The molecule has 4 amide bonds. The van der Waals surface area contributed by atoms with Crippen LogP contribution in [-0.4, -0.2) is 51.0 Å². The molecule has 3 aromatic carbocycles. The lowest BCUT2D eigenvalue weighted by atomic mass is 9.99. The number of aryl methyl sites for hydroxylation is 1. The fourth-order valence-corrected chi connectivity index (χ4v) is 6.59. The number of imide groups is 1. The molecule has 1 fully saturated rings. The van der Waals surface area contributed by atoms with Crippen molar-refractivity contribution in [2.75, 3.05) is 6.54 Å². The van der Waals surface area contributed by atoms with Gasteiger partial charge in [0, 0.05) is 48.3 Å². The summed E-state index contributed by atoms with van der Waals surface area (Å²) in [6.07, 6.45) is 4.35. The molecule has 0 aliphatic carbocycles. The molecule has 1 saturated heterocycles. The minimum absolute atomic E-state index is 0.00725. The minimum atomic E-state index is -0.650. The van der Waals surface area contributed by atoms with Crippen molar-refractivity contribution >= 4 is 29.3 Å². The average Bonchev–Trinajstić information content (AvgIpc) is 3.80. The predicted octanol–water partition coefficient (Wildman–Crippen LogP) is 6.10. The van der Waals surface area contributed by atoms with Gasteiger partial charge in [-0.05, 0) is 103 Å². The molecule has 7 rings (SSSR count). The van der Waals surface area contributed by atoms with E-state index in [4.69, 9.17) is 9.40 Å². The van der Waals surface area contributed by atoms with Crippen LogP contribution in [0.2, 0.25) is 0 Å². The number of carbonyl (C=O) groups excluding carboxylic acids is 4. The quantitative estimate of drug-likeness (QED) is 0.0730. The Labute approximate surface area is 292 Å². The van der Waals surface area contributed by atoms with Crippen LogP contribution in [0.15, 0.2) is 102 Å². The molecule has 0 saturated carbocycles. The van der Waals surface area contributed by atoms with E-state index in [1.165, 1.54) is 12.1 Å². The number of carbonyl (C=O) groups is 4. The zero-order valence-corrected chi connectivity index (χ0v) is 27.5. The molecule has 4 heterocycles. The molecule has 0 radical (unpaired) electrons. The molecule has 1 atom stereocenters. The number of benzene rings is 3. The first-order valence-corrected chi connectivity index (χ1v) is 16.7. The normalized spacial score (nSPS) is 15.4. The van der Waals surface area contributed by atoms with Crippen molar-refractivity contribution in [1.82, 2.24) is 20.5 Å². The standard InChI is InChI=1S/C39H33N5O7/c45-36-18-17-34(38(47)42-36)43-23-31-25(6-3-7-30(31)39(43)48)5-1-2-19-40-37(46)27-11-9-24(10-12-27)28-21-32(26-13-15-29(16-14-26)44(49)50)41-33(22-28)35-8-4-20-51-35/h3-4,6-16,20-22,34H,1-2,5,17-19,23H2,(H,40,46)(H,42,45,47). The maximum Gasteiger partial charge on any atom is 0.269 e. The third kappa shape index (κ3) is 7.02. The van der Waals surface area contributed by atoms with Gasteiger partial charge in [0.05, 0.1) is 16.9 Å². The number of piperidine rings is 1. The van der Waals surface area contributed by atoms with Gasteiger partial charge in [-0.3, -0.25) is 34.6 Å². The summed E-state index contributed by atoms with van der Waals surface area (Å²) in [6, 6.07) is 25.8. The van der Waals surface area contributed by atoms with Gasteiger partial charge in [-0.1, -0.05) is 24.3 Å². The number of nitro benzene ring substituents is 1. The molecule has 2 aliphatic heterocycles. The second-order valence-corrected chi connectivity index (χ2v) is 12.5. The number of pyridine rings is 1. The molecule has 5 aromatic rings. The van der Waals surface area contributed by atoms with E-state index in [-0.39, 0.29) is 29.8 Å². The second-order valence-electron chi connectivity index (χ2n) is 12.5. The highest BCUT2D eigenvalue weighted by molar-refractivity contribution is 6.05. The van der Waals surface area contributed by atoms with Crippen LogP contribution in [-0.2, 0) is 22.6 Å². The number of hydrogen-bond acceptors (Lipinski definition) is 8. The maximum atomic E-state index is 13.1. The van der Waals surface area contributed by atoms with Crippen LogP contribution in [0.4, 0.5) is 5.69 Å². The Balaban J connectivity index is 0.962. The number of amides is 4. The van der Waals surface area contributed by atoms with Gasteiger partial charge in [-0.25, -0.2) is 4.98 Å². The van der Waals surface area contributed by atoms with E-state index in [0.29, 0.717) is 53.3 Å². The van der Waals surface area contributed by atoms with Crippen LogP contribution >= 0.6 is 0 Å². The van der Waals surface area contributed by atoms with E-state index < -0.39 is 16.9 Å². The zero-order chi connectivity index (χ0) is 35.5. The molecular formula is C39H33N5O7. The molecule has 12 nitrogen and oxygen atoms in total. The average molecular weight is 684 g/mol. The van der Waals surface area contributed by atoms with Crippen molar-refractivity contribution in [2.45, 2.75) is 44.7 Å². The predicted molar refractivity (Wildman–Crippen MR) is 187 cm³/mol. The Bertz CT molecular complexity index is 2140. The number of fused-ring (bicyclic) bond motifs is 1. The van der Waals surface area contributed by atoms with E-state index in [0.717, 1.165) is 41.5 Å². The monoisotopic (exact) mass is 683 g/mol. The van der Waals surface area contributed by atoms with Crippen molar-refractivity contribution in [1.29, 1.82) is 0 Å². The highest BCUT2D eigenvalue weighted by Gasteiger charge is 2.39. The van der Waals surface area contributed by atoms with Crippen molar-refractivity contribution in [2.24, 2.45) is 0 Å². The molecular weight excluding hydrogens is 650 g/mol. The number of aromatic nitrogens is 1. The fourth-order valence-electron chi connectivity index (χ4n) is 6.59. The van der Waals surface area contributed by atoms with Crippen molar-refractivity contribution in [3.05, 3.63) is 130 Å². The van der Waals surface area contributed by atoms with Crippen LogP contribution in [0.25, 0.3) is 33.8 Å². The largest absolute Gasteiger partial charge is 0.463 e. The Hall–Kier alpha value is -6.43. The fraction of sp³-hybridized carbons (Fsp3) is 0.205. The van der Waals surface area contributed by atoms with Gasteiger partial charge in [-0.15, -0.1) is 0 Å². The Morgan fingerprint density at radius 2 is 1.69 bits per heavy atom. The van der Waals surface area contributed by atoms with Crippen LogP contribution in [0.1, 0.15) is 57.5 Å². The summed E-state index contributed by atoms with van der Waals surface area (Å²) in [5, 5.41) is 16.5. The lowest BCUT2D eigenvalue weighted by molar-refractivity contribution is -0.384. The van der Waals surface area contributed by atoms with Crippen molar-refractivity contribution in [3.8, 4) is 33.8 Å². The molecule has 51 heavy (non-hydrogen) atoms. The molecule has 2 aliphatic rings. The second kappa shape index (κ2) is 14.2. The first-order chi connectivity index (χ1) is 24.7. The number of hydrogen-bond donors (Lipinski definition) is 2. The van der Waals surface area contributed by atoms with Crippen molar-refractivity contribution in [3.63, 3.8) is 0 Å². The molecule has 0 spiro atoms. The van der Waals surface area contributed by atoms with Gasteiger partial charge in [-0.2, -0.15) is 0 Å². The highest BCUT2D eigenvalue weighted by atomic mass is 16.6. The molecule has 2 aromatic heterocycles. The summed E-state index contributed by atoms with van der Waals surface area (Å²) in [4.78, 5) is 67.1. The summed E-state index contributed by atoms with van der Waals surface area (Å²) in [5.41, 5.74) is 6.70. The Kier molecular flexibility index (Phi) is 9.21. The molecule has 12 heteroatoms. The lowest BCUT2D eigenvalue weighted by Crippen LogP contribution is -2.52. The van der Waals surface area contributed by atoms with E-state index in [1.54, 1.807) is 47.6 Å². The van der Waals surface area contributed by atoms with E-state index >= 15 is 0 Å². The van der Waals surface area contributed by atoms with Crippen LogP contribution in [0, 0.1) is 10.1 Å². The summed E-state index contributed by atoms with van der Waals surface area (Å²) < 4.78 is 5.60. The Morgan fingerprint density at radius 1 is 0.922 bits per heavy atom. The Morgan fingerprint density at radius 3 is 2.41 bits per heavy atom. The minimum Gasteiger partial charge on any atom is -0.463 e. The topological polar surface area (TPSA) is 165 Å². The summed E-state index contributed by atoms with van der Waals surface area (Å²) >= 11 is 0. The first-order valence-electron chi connectivity index (χ1n) is 16.7. The number of furan rings is 1. The third-order valence-electron chi connectivity index (χ3n) is 9.29. The number of nitrogens with one attached hydrogen (secondary N) is 2. The van der Waals surface area contributed by atoms with Crippen LogP contribution in [0.5, 0.6) is 0 Å². The summed E-state index contributed by atoms with van der Waals surface area (Å²) in [5.74, 6) is -0.538. The SMILES string of the molecule is O=C1CCC(N2Cc3c(CCCCNC(=O)c4ccc(-c5cc(-c6ccc([N+](=O)[O-])cc6)nc(-c6ccco6)c5)cc4)cccc3C2=O)C(=O)N1. The molecule has 1 unspecified atom stereocenters. The first kappa shape index (κ1) is 33.1. The van der Waals surface area contributed by atoms with Gasteiger partial charge < -0.3 is 14.6 Å². The van der Waals surface area contributed by atoms with Crippen LogP contribution < -0.4 is 10.6 Å². The molecule has 0 bridgehead atoms. The number of nitro groups is 1. The maximum absolute atomic E-state index is 13.1. The highest BCUT2D eigenvalue weighted by Crippen LogP contribution is 2.32. The van der Waals surface area contributed by atoms with Gasteiger partial charge in [0.15, 0.2) is 5.76 Å². The van der Waals surface area contributed by atoms with Gasteiger partial charge in [0.2, 0.25) is 11.8 Å². The van der Waals surface area contributed by atoms with E-state index in [1.807, 2.05) is 42.5 Å². The molecule has 256 valence electrons. The summed E-state index contributed by atoms with van der Waals surface area (Å²) in [7, 11) is 0. The number of unbranched alkanes of at least 4 members (excludes halogenated alkanes) is 1. The smallest absolute Gasteiger partial charge is 0.269 e. The van der Waals surface area contributed by atoms with Gasteiger partial charge in [0.25, 0.3) is 17.5 Å². The summed E-state index contributed by atoms with van der Waals surface area (Å²) in [6.45, 7) is 0.817. The number of rotatable bonds is 11. The zero-order valence-electron chi connectivity index (χ0n) is 27.5. The number of non-ortho nitro benzene ring substituents is 1. The number of nitrogens with zero attached hydrogens (tertiary/aromatic N) is 3. The lowest BCUT2D eigenvalue weighted by Gasteiger charge is -2.29. The molecule has 2 N–H and O–H groups in total. The van der Waals surface area contributed by atoms with Crippen molar-refractivity contribution < 1.29 is 28.5 Å².